The van der Waals surface area contributed by atoms with Crippen LogP contribution in [0.15, 0.2) is 36.5 Å². The minimum Gasteiger partial charge on any atom is -0.356 e. The Labute approximate surface area is 149 Å². The van der Waals surface area contributed by atoms with E-state index in [0.717, 1.165) is 30.0 Å². The fourth-order valence-corrected chi connectivity index (χ4v) is 4.08. The van der Waals surface area contributed by atoms with Gasteiger partial charge in [0.15, 0.2) is 5.65 Å². The van der Waals surface area contributed by atoms with Crippen LogP contribution in [0.2, 0.25) is 0 Å². The average Bonchev–Trinajstić information content (AvgIpc) is 2.97. The first-order valence-electron chi connectivity index (χ1n) is 9.18. The van der Waals surface area contributed by atoms with E-state index in [-0.39, 0.29) is 0 Å². The van der Waals surface area contributed by atoms with E-state index in [0.29, 0.717) is 11.8 Å². The zero-order chi connectivity index (χ0) is 17.6. The first-order chi connectivity index (χ1) is 12.0. The van der Waals surface area contributed by atoms with Crippen molar-refractivity contribution in [2.75, 3.05) is 18.0 Å². The van der Waals surface area contributed by atoms with Gasteiger partial charge in [0.2, 0.25) is 0 Å². The number of hydrogen-bond acceptors (Lipinski definition) is 3. The van der Waals surface area contributed by atoms with Gasteiger partial charge in [0.1, 0.15) is 5.82 Å². The van der Waals surface area contributed by atoms with Crippen molar-refractivity contribution in [3.63, 3.8) is 0 Å². The van der Waals surface area contributed by atoms with Gasteiger partial charge in [-0.15, -0.1) is 0 Å². The van der Waals surface area contributed by atoms with Gasteiger partial charge in [-0.3, -0.25) is 0 Å². The summed E-state index contributed by atoms with van der Waals surface area (Å²) in [5.41, 5.74) is 5.53. The summed E-state index contributed by atoms with van der Waals surface area (Å²) in [4.78, 5) is 7.28. The van der Waals surface area contributed by atoms with E-state index in [1.165, 1.54) is 23.4 Å². The molecule has 130 valence electrons. The third kappa shape index (κ3) is 3.01. The third-order valence-corrected chi connectivity index (χ3v) is 5.14. The van der Waals surface area contributed by atoms with Crippen LogP contribution in [0, 0.1) is 25.7 Å². The SMILES string of the molecule is Cc1ccc(-c2cnn3c(N4C[C@H](C)C[C@H](C)C4)cc(C)nc23)cc1. The van der Waals surface area contributed by atoms with Crippen LogP contribution in [0.4, 0.5) is 5.82 Å². The van der Waals surface area contributed by atoms with Gasteiger partial charge >= 0.3 is 0 Å². The molecule has 0 amide bonds. The van der Waals surface area contributed by atoms with E-state index >= 15 is 0 Å². The minimum absolute atomic E-state index is 0.708. The zero-order valence-corrected chi connectivity index (χ0v) is 15.5. The summed E-state index contributed by atoms with van der Waals surface area (Å²) in [6, 6.07) is 10.8. The fraction of sp³-hybridized carbons (Fsp3) is 0.429. The van der Waals surface area contributed by atoms with E-state index in [9.17, 15) is 0 Å². The van der Waals surface area contributed by atoms with Crippen LogP contribution in [0.3, 0.4) is 0 Å². The van der Waals surface area contributed by atoms with Crippen molar-refractivity contribution in [1.82, 2.24) is 14.6 Å². The molecule has 4 rings (SSSR count). The lowest BCUT2D eigenvalue weighted by Gasteiger charge is -2.36. The average molecular weight is 334 g/mol. The number of nitrogens with zero attached hydrogens (tertiary/aromatic N) is 4. The van der Waals surface area contributed by atoms with Crippen molar-refractivity contribution in [3.8, 4) is 11.1 Å². The molecule has 1 saturated heterocycles. The molecule has 1 aromatic carbocycles. The third-order valence-electron chi connectivity index (χ3n) is 5.14. The monoisotopic (exact) mass is 334 g/mol. The highest BCUT2D eigenvalue weighted by Crippen LogP contribution is 2.30. The van der Waals surface area contributed by atoms with E-state index in [4.69, 9.17) is 10.1 Å². The number of rotatable bonds is 2. The Morgan fingerprint density at radius 3 is 2.36 bits per heavy atom. The molecule has 2 atom stereocenters. The quantitative estimate of drug-likeness (QED) is 0.692. The molecule has 0 unspecified atom stereocenters. The number of fused-ring (bicyclic) bond motifs is 1. The number of piperidine rings is 1. The van der Waals surface area contributed by atoms with Crippen LogP contribution in [-0.4, -0.2) is 27.7 Å². The van der Waals surface area contributed by atoms with Gasteiger partial charge in [0.05, 0.1) is 6.20 Å². The predicted octanol–water partition coefficient (Wildman–Crippen LogP) is 4.50. The molecule has 4 heteroatoms. The first-order valence-corrected chi connectivity index (χ1v) is 9.18. The predicted molar refractivity (Wildman–Crippen MR) is 103 cm³/mol. The number of aryl methyl sites for hydroxylation is 2. The maximum atomic E-state index is 4.80. The molecular weight excluding hydrogens is 308 g/mol. The smallest absolute Gasteiger partial charge is 0.165 e. The summed E-state index contributed by atoms with van der Waals surface area (Å²) < 4.78 is 2.02. The molecule has 0 spiro atoms. The van der Waals surface area contributed by atoms with E-state index in [1.807, 2.05) is 10.7 Å². The summed E-state index contributed by atoms with van der Waals surface area (Å²) in [6.07, 6.45) is 3.25. The molecule has 4 nitrogen and oxygen atoms in total. The van der Waals surface area contributed by atoms with Crippen molar-refractivity contribution in [2.45, 2.75) is 34.1 Å². The van der Waals surface area contributed by atoms with Gasteiger partial charge in [-0.25, -0.2) is 4.98 Å². The lowest BCUT2D eigenvalue weighted by Crippen LogP contribution is -2.39. The Balaban J connectivity index is 1.83. The van der Waals surface area contributed by atoms with Gasteiger partial charge in [0, 0.05) is 30.4 Å². The Hall–Kier alpha value is -2.36. The molecule has 1 aliphatic heterocycles. The molecule has 3 heterocycles. The van der Waals surface area contributed by atoms with Crippen LogP contribution in [0.25, 0.3) is 16.8 Å². The van der Waals surface area contributed by atoms with E-state index < -0.39 is 0 Å². The van der Waals surface area contributed by atoms with Crippen LogP contribution < -0.4 is 4.90 Å². The summed E-state index contributed by atoms with van der Waals surface area (Å²) in [5, 5.41) is 4.70. The van der Waals surface area contributed by atoms with E-state index in [1.54, 1.807) is 0 Å². The molecule has 0 N–H and O–H groups in total. The van der Waals surface area contributed by atoms with Crippen molar-refractivity contribution < 1.29 is 0 Å². The maximum absolute atomic E-state index is 4.80. The molecule has 2 aromatic heterocycles. The summed E-state index contributed by atoms with van der Waals surface area (Å²) in [7, 11) is 0. The highest BCUT2D eigenvalue weighted by Gasteiger charge is 2.24. The molecular formula is C21H26N4. The molecule has 3 aromatic rings. The lowest BCUT2D eigenvalue weighted by molar-refractivity contribution is 0.354. The number of anilines is 1. The van der Waals surface area contributed by atoms with Crippen LogP contribution in [0.1, 0.15) is 31.5 Å². The first kappa shape index (κ1) is 16.1. The molecule has 0 bridgehead atoms. The molecule has 0 aliphatic carbocycles. The minimum atomic E-state index is 0.708. The summed E-state index contributed by atoms with van der Waals surface area (Å²) in [6.45, 7) is 11.0. The molecule has 1 fully saturated rings. The number of hydrogen-bond donors (Lipinski definition) is 0. The number of aromatic nitrogens is 3. The Bertz CT molecular complexity index is 884. The summed E-state index contributed by atoms with van der Waals surface area (Å²) >= 11 is 0. The normalized spacial score (nSPS) is 21.0. The van der Waals surface area contributed by atoms with Gasteiger partial charge in [0.25, 0.3) is 0 Å². The van der Waals surface area contributed by atoms with Crippen LogP contribution in [0.5, 0.6) is 0 Å². The van der Waals surface area contributed by atoms with Gasteiger partial charge in [-0.2, -0.15) is 9.61 Å². The second-order valence-corrected chi connectivity index (χ2v) is 7.77. The maximum Gasteiger partial charge on any atom is 0.165 e. The second-order valence-electron chi connectivity index (χ2n) is 7.77. The van der Waals surface area contributed by atoms with Gasteiger partial charge in [-0.1, -0.05) is 43.7 Å². The Morgan fingerprint density at radius 2 is 1.68 bits per heavy atom. The summed E-state index contributed by atoms with van der Waals surface area (Å²) in [5.74, 6) is 2.58. The largest absolute Gasteiger partial charge is 0.356 e. The highest BCUT2D eigenvalue weighted by atomic mass is 15.3. The topological polar surface area (TPSA) is 33.4 Å². The zero-order valence-electron chi connectivity index (χ0n) is 15.5. The fourth-order valence-electron chi connectivity index (χ4n) is 4.08. The molecule has 0 saturated carbocycles. The number of benzene rings is 1. The van der Waals surface area contributed by atoms with Gasteiger partial charge < -0.3 is 4.90 Å². The van der Waals surface area contributed by atoms with Crippen molar-refractivity contribution in [3.05, 3.63) is 47.8 Å². The van der Waals surface area contributed by atoms with Crippen molar-refractivity contribution in [2.24, 2.45) is 11.8 Å². The Kier molecular flexibility index (Phi) is 3.98. The molecule has 1 aliphatic rings. The standard InChI is InChI=1S/C21H26N4/c1-14-5-7-18(8-6-14)19-11-22-25-20(10-17(4)23-21(19)25)24-12-15(2)9-16(3)13-24/h5-8,10-11,15-16H,9,12-13H2,1-4H3/t15-,16+. The molecule has 25 heavy (non-hydrogen) atoms. The van der Waals surface area contributed by atoms with Crippen molar-refractivity contribution in [1.29, 1.82) is 0 Å². The second kappa shape index (κ2) is 6.17. The Morgan fingerprint density at radius 1 is 1.00 bits per heavy atom. The van der Waals surface area contributed by atoms with Crippen LogP contribution >= 0.6 is 0 Å². The molecule has 0 radical (unpaired) electrons. The lowest BCUT2D eigenvalue weighted by atomic mass is 9.92. The van der Waals surface area contributed by atoms with Crippen LogP contribution in [-0.2, 0) is 0 Å². The van der Waals surface area contributed by atoms with E-state index in [2.05, 4.69) is 62.9 Å². The highest BCUT2D eigenvalue weighted by molar-refractivity contribution is 5.78. The van der Waals surface area contributed by atoms with Gasteiger partial charge in [-0.05, 0) is 37.7 Å². The van der Waals surface area contributed by atoms with Crippen molar-refractivity contribution >= 4 is 11.5 Å².